The molecule has 0 unspecified atom stereocenters. The van der Waals surface area contributed by atoms with Crippen molar-refractivity contribution in [3.63, 3.8) is 0 Å². The fraction of sp³-hybridized carbons (Fsp3) is 0.444. The van der Waals surface area contributed by atoms with Crippen molar-refractivity contribution in [1.82, 2.24) is 9.97 Å². The van der Waals surface area contributed by atoms with E-state index in [1.165, 1.54) is 6.20 Å². The van der Waals surface area contributed by atoms with Gasteiger partial charge in [0.15, 0.2) is 5.78 Å². The third-order valence-electron chi connectivity index (χ3n) is 1.73. The monoisotopic (exact) mass is 198 g/mol. The maximum Gasteiger partial charge on any atom is 0.222 e. The summed E-state index contributed by atoms with van der Waals surface area (Å²) in [5.74, 6) is 0.0802. The summed E-state index contributed by atoms with van der Waals surface area (Å²) in [6.45, 7) is 3.72. The molecule has 0 N–H and O–H groups in total. The second-order valence-corrected chi connectivity index (χ2v) is 3.15. The predicted molar refractivity (Wildman–Crippen MR) is 51.0 cm³/mol. The highest BCUT2D eigenvalue weighted by molar-refractivity contribution is 6.28. The molecule has 0 saturated carbocycles. The fourth-order valence-corrected chi connectivity index (χ4v) is 1.25. The van der Waals surface area contributed by atoms with Crippen LogP contribution in [0.1, 0.15) is 35.8 Å². The van der Waals surface area contributed by atoms with Crippen molar-refractivity contribution in [2.24, 2.45) is 0 Å². The van der Waals surface area contributed by atoms with E-state index in [1.807, 2.05) is 6.92 Å². The van der Waals surface area contributed by atoms with Crippen molar-refractivity contribution < 1.29 is 4.79 Å². The van der Waals surface area contributed by atoms with Gasteiger partial charge in [0.2, 0.25) is 5.28 Å². The number of hydrogen-bond donors (Lipinski definition) is 0. The molecule has 70 valence electrons. The molecule has 0 aliphatic heterocycles. The fourth-order valence-electron chi connectivity index (χ4n) is 1.07. The number of Topliss-reactive ketones (excluding diaryl/α,β-unsaturated/α-hetero) is 1. The van der Waals surface area contributed by atoms with Gasteiger partial charge in [-0.3, -0.25) is 4.79 Å². The van der Waals surface area contributed by atoms with Crippen molar-refractivity contribution in [2.75, 3.05) is 0 Å². The Hall–Kier alpha value is -0.960. The van der Waals surface area contributed by atoms with Gasteiger partial charge >= 0.3 is 0 Å². The van der Waals surface area contributed by atoms with Gasteiger partial charge < -0.3 is 0 Å². The first-order valence-corrected chi connectivity index (χ1v) is 4.55. The standard InChI is InChI=1S/C9H11ClN2O/c1-3-4-8(13)7-5-11-9(10)12-6(7)2/h5H,3-4H2,1-2H3. The first-order chi connectivity index (χ1) is 6.15. The lowest BCUT2D eigenvalue weighted by molar-refractivity contribution is 0.0980. The zero-order valence-corrected chi connectivity index (χ0v) is 8.43. The molecule has 0 aliphatic rings. The van der Waals surface area contributed by atoms with Crippen molar-refractivity contribution in [3.8, 4) is 0 Å². The van der Waals surface area contributed by atoms with Gasteiger partial charge in [0.05, 0.1) is 11.3 Å². The molecule has 4 heteroatoms. The molecule has 0 amide bonds. The van der Waals surface area contributed by atoms with E-state index in [0.717, 1.165) is 6.42 Å². The second kappa shape index (κ2) is 4.33. The van der Waals surface area contributed by atoms with Crippen LogP contribution < -0.4 is 0 Å². The quantitative estimate of drug-likeness (QED) is 0.554. The third kappa shape index (κ3) is 2.49. The molecule has 0 bridgehead atoms. The van der Waals surface area contributed by atoms with E-state index in [2.05, 4.69) is 9.97 Å². The molecule has 0 fully saturated rings. The summed E-state index contributed by atoms with van der Waals surface area (Å²) in [4.78, 5) is 19.1. The Morgan fingerprint density at radius 3 is 2.85 bits per heavy atom. The molecule has 3 nitrogen and oxygen atoms in total. The van der Waals surface area contributed by atoms with E-state index in [4.69, 9.17) is 11.6 Å². The minimum absolute atomic E-state index is 0.0802. The molecule has 0 radical (unpaired) electrons. The summed E-state index contributed by atoms with van der Waals surface area (Å²) in [5.41, 5.74) is 1.23. The average Bonchev–Trinajstić information content (AvgIpc) is 2.04. The Morgan fingerprint density at radius 1 is 1.62 bits per heavy atom. The molecule has 0 aromatic carbocycles. The summed E-state index contributed by atoms with van der Waals surface area (Å²) in [7, 11) is 0. The van der Waals surface area contributed by atoms with E-state index >= 15 is 0 Å². The minimum Gasteiger partial charge on any atom is -0.294 e. The number of hydrogen-bond acceptors (Lipinski definition) is 3. The van der Waals surface area contributed by atoms with Gasteiger partial charge in [-0.05, 0) is 24.9 Å². The van der Waals surface area contributed by atoms with Crippen molar-refractivity contribution in [3.05, 3.63) is 22.7 Å². The topological polar surface area (TPSA) is 42.9 Å². The van der Waals surface area contributed by atoms with Crippen LogP contribution in [0.2, 0.25) is 5.28 Å². The first-order valence-electron chi connectivity index (χ1n) is 4.17. The van der Waals surface area contributed by atoms with Crippen LogP contribution in [0, 0.1) is 6.92 Å². The number of aryl methyl sites for hydroxylation is 1. The number of nitrogens with zero attached hydrogens (tertiary/aromatic N) is 2. The maximum absolute atomic E-state index is 11.5. The molecular formula is C9H11ClN2O. The van der Waals surface area contributed by atoms with E-state index in [-0.39, 0.29) is 11.1 Å². The van der Waals surface area contributed by atoms with E-state index in [1.54, 1.807) is 6.92 Å². The summed E-state index contributed by atoms with van der Waals surface area (Å²) >= 11 is 5.57. The van der Waals surface area contributed by atoms with Crippen LogP contribution in [0.4, 0.5) is 0 Å². The molecule has 1 aromatic heterocycles. The Morgan fingerprint density at radius 2 is 2.31 bits per heavy atom. The lowest BCUT2D eigenvalue weighted by atomic mass is 10.1. The Kier molecular flexibility index (Phi) is 3.37. The molecule has 1 heterocycles. The lowest BCUT2D eigenvalue weighted by Crippen LogP contribution is -2.04. The van der Waals surface area contributed by atoms with Gasteiger partial charge in [-0.1, -0.05) is 6.92 Å². The van der Waals surface area contributed by atoms with Crippen LogP contribution in [-0.4, -0.2) is 15.8 Å². The van der Waals surface area contributed by atoms with Gasteiger partial charge in [0.1, 0.15) is 0 Å². The van der Waals surface area contributed by atoms with Crippen molar-refractivity contribution in [1.29, 1.82) is 0 Å². The zero-order valence-electron chi connectivity index (χ0n) is 7.67. The Labute approximate surface area is 82.2 Å². The molecule has 13 heavy (non-hydrogen) atoms. The summed E-state index contributed by atoms with van der Waals surface area (Å²) in [6, 6.07) is 0. The van der Waals surface area contributed by atoms with E-state index < -0.39 is 0 Å². The molecular weight excluding hydrogens is 188 g/mol. The highest BCUT2D eigenvalue weighted by Crippen LogP contribution is 2.10. The van der Waals surface area contributed by atoms with Gasteiger partial charge in [0, 0.05) is 12.6 Å². The van der Waals surface area contributed by atoms with Crippen LogP contribution in [0.3, 0.4) is 0 Å². The SMILES string of the molecule is CCCC(=O)c1cnc(Cl)nc1C. The number of rotatable bonds is 3. The van der Waals surface area contributed by atoms with E-state index in [9.17, 15) is 4.79 Å². The smallest absolute Gasteiger partial charge is 0.222 e. The number of ketones is 1. The molecule has 0 aliphatic carbocycles. The number of aromatic nitrogens is 2. The second-order valence-electron chi connectivity index (χ2n) is 2.81. The average molecular weight is 199 g/mol. The molecule has 0 saturated heterocycles. The summed E-state index contributed by atoms with van der Waals surface area (Å²) < 4.78 is 0. The van der Waals surface area contributed by atoms with Crippen LogP contribution in [0.15, 0.2) is 6.20 Å². The minimum atomic E-state index is 0.0802. The molecule has 0 spiro atoms. The van der Waals surface area contributed by atoms with Crippen LogP contribution >= 0.6 is 11.6 Å². The third-order valence-corrected chi connectivity index (χ3v) is 1.91. The van der Waals surface area contributed by atoms with E-state index in [0.29, 0.717) is 17.7 Å². The van der Waals surface area contributed by atoms with Crippen molar-refractivity contribution in [2.45, 2.75) is 26.7 Å². The van der Waals surface area contributed by atoms with Gasteiger partial charge in [-0.15, -0.1) is 0 Å². The van der Waals surface area contributed by atoms with Gasteiger partial charge in [-0.25, -0.2) is 9.97 Å². The molecule has 1 rings (SSSR count). The normalized spacial score (nSPS) is 10.1. The molecule has 0 atom stereocenters. The zero-order chi connectivity index (χ0) is 9.84. The Balaban J connectivity index is 2.95. The van der Waals surface area contributed by atoms with Crippen LogP contribution in [0.25, 0.3) is 0 Å². The number of carbonyl (C=O) groups excluding carboxylic acids is 1. The van der Waals surface area contributed by atoms with Gasteiger partial charge in [0.25, 0.3) is 0 Å². The first kappa shape index (κ1) is 10.1. The summed E-state index contributed by atoms with van der Waals surface area (Å²) in [5, 5.41) is 0.186. The summed E-state index contributed by atoms with van der Waals surface area (Å²) in [6.07, 6.45) is 2.86. The van der Waals surface area contributed by atoms with Gasteiger partial charge in [-0.2, -0.15) is 0 Å². The maximum atomic E-state index is 11.5. The Bertz CT molecular complexity index is 325. The number of carbonyl (C=O) groups is 1. The highest BCUT2D eigenvalue weighted by Gasteiger charge is 2.09. The largest absolute Gasteiger partial charge is 0.294 e. The van der Waals surface area contributed by atoms with Crippen LogP contribution in [-0.2, 0) is 0 Å². The van der Waals surface area contributed by atoms with Crippen molar-refractivity contribution >= 4 is 17.4 Å². The molecule has 1 aromatic rings. The lowest BCUT2D eigenvalue weighted by Gasteiger charge is -2.01. The van der Waals surface area contributed by atoms with Crippen LogP contribution in [0.5, 0.6) is 0 Å². The highest BCUT2D eigenvalue weighted by atomic mass is 35.5. The number of halogens is 1. The predicted octanol–water partition coefficient (Wildman–Crippen LogP) is 2.42.